The van der Waals surface area contributed by atoms with Crippen molar-refractivity contribution in [3.63, 3.8) is 0 Å². The molecule has 3 rings (SSSR count). The highest BCUT2D eigenvalue weighted by Crippen LogP contribution is 2.12. The predicted molar refractivity (Wildman–Crippen MR) is 94.8 cm³/mol. The van der Waals surface area contributed by atoms with E-state index in [1.54, 1.807) is 12.3 Å². The van der Waals surface area contributed by atoms with Crippen molar-refractivity contribution in [1.82, 2.24) is 4.98 Å². The molecule has 120 valence electrons. The fourth-order valence-electron chi connectivity index (χ4n) is 2.76. The summed E-state index contributed by atoms with van der Waals surface area (Å²) in [6.45, 7) is 4.37. The second-order valence-electron chi connectivity index (χ2n) is 5.66. The van der Waals surface area contributed by atoms with Crippen molar-refractivity contribution in [2.24, 2.45) is 0 Å². The Morgan fingerprint density at radius 1 is 1.17 bits per heavy atom. The third-order valence-corrected chi connectivity index (χ3v) is 4.47. The number of halogens is 1. The number of piperazine rings is 1. The van der Waals surface area contributed by atoms with Crippen LogP contribution in [0.1, 0.15) is 0 Å². The summed E-state index contributed by atoms with van der Waals surface area (Å²) >= 11 is 3.33. The normalized spacial score (nSPS) is 15.4. The molecule has 23 heavy (non-hydrogen) atoms. The summed E-state index contributed by atoms with van der Waals surface area (Å²) in [6, 6.07) is 14.1. The Hall–Kier alpha value is -1.92. The number of nitrogens with one attached hydrogen (secondary N) is 2. The van der Waals surface area contributed by atoms with Crippen LogP contribution in [-0.4, -0.2) is 43.6 Å². The third-order valence-electron chi connectivity index (χ3n) is 4.00. The molecule has 0 unspecified atom stereocenters. The maximum Gasteiger partial charge on any atom is 0.280 e. The second kappa shape index (κ2) is 7.57. The Morgan fingerprint density at radius 3 is 2.57 bits per heavy atom. The number of amides is 1. The van der Waals surface area contributed by atoms with E-state index in [1.807, 2.05) is 12.1 Å². The number of anilines is 2. The van der Waals surface area contributed by atoms with Crippen LogP contribution < -0.4 is 15.1 Å². The van der Waals surface area contributed by atoms with Crippen LogP contribution in [0.15, 0.2) is 53.1 Å². The maximum atomic E-state index is 12.1. The highest BCUT2D eigenvalue weighted by molar-refractivity contribution is 9.10. The van der Waals surface area contributed by atoms with Crippen LogP contribution in [0.4, 0.5) is 11.5 Å². The van der Waals surface area contributed by atoms with E-state index in [0.717, 1.165) is 30.7 Å². The first-order chi connectivity index (χ1) is 11.2. The molecule has 1 aromatic heterocycles. The topological polar surface area (TPSA) is 49.7 Å². The Bertz CT molecular complexity index is 639. The van der Waals surface area contributed by atoms with Crippen LogP contribution in [0.25, 0.3) is 0 Å². The van der Waals surface area contributed by atoms with Crippen LogP contribution in [0.5, 0.6) is 0 Å². The van der Waals surface area contributed by atoms with Crippen molar-refractivity contribution in [1.29, 1.82) is 0 Å². The van der Waals surface area contributed by atoms with Gasteiger partial charge in [-0.1, -0.05) is 18.2 Å². The standard InChI is InChI=1S/C17H19BrN4O/c18-14-6-7-16(19-12-14)20-17(23)13-21-8-10-22(11-9-21)15-4-2-1-3-5-15/h1-7,12H,8-11,13H2,(H,19,20,23)/p+1. The molecule has 0 bridgehead atoms. The van der Waals surface area contributed by atoms with E-state index in [4.69, 9.17) is 0 Å². The van der Waals surface area contributed by atoms with Gasteiger partial charge in [-0.05, 0) is 40.2 Å². The second-order valence-corrected chi connectivity index (χ2v) is 6.57. The first-order valence-corrected chi connectivity index (χ1v) is 8.55. The fourth-order valence-corrected chi connectivity index (χ4v) is 3.00. The lowest BCUT2D eigenvalue weighted by atomic mass is 10.2. The number of carbonyl (C=O) groups is 1. The van der Waals surface area contributed by atoms with Gasteiger partial charge < -0.3 is 15.1 Å². The van der Waals surface area contributed by atoms with E-state index < -0.39 is 0 Å². The summed E-state index contributed by atoms with van der Waals surface area (Å²) in [4.78, 5) is 20.0. The number of quaternary nitrogens is 1. The van der Waals surface area contributed by atoms with E-state index in [-0.39, 0.29) is 5.91 Å². The van der Waals surface area contributed by atoms with Gasteiger partial charge in [0.2, 0.25) is 0 Å². The lowest BCUT2D eigenvalue weighted by Gasteiger charge is -2.33. The molecule has 1 aliphatic heterocycles. The molecule has 2 N–H and O–H groups in total. The minimum absolute atomic E-state index is 0.0167. The summed E-state index contributed by atoms with van der Waals surface area (Å²) in [7, 11) is 0. The molecule has 1 saturated heterocycles. The molecule has 0 aliphatic carbocycles. The van der Waals surface area contributed by atoms with E-state index in [1.165, 1.54) is 10.6 Å². The molecule has 1 aliphatic rings. The van der Waals surface area contributed by atoms with Crippen molar-refractivity contribution < 1.29 is 9.69 Å². The van der Waals surface area contributed by atoms with Crippen molar-refractivity contribution >= 4 is 33.3 Å². The van der Waals surface area contributed by atoms with Gasteiger partial charge in [0.05, 0.1) is 26.2 Å². The van der Waals surface area contributed by atoms with Gasteiger partial charge in [0.25, 0.3) is 5.91 Å². The maximum absolute atomic E-state index is 12.1. The first-order valence-electron chi connectivity index (χ1n) is 7.76. The average Bonchev–Trinajstić information content (AvgIpc) is 2.58. The predicted octanol–water partition coefficient (Wildman–Crippen LogP) is 1.19. The number of para-hydroxylation sites is 1. The number of nitrogens with zero attached hydrogens (tertiary/aromatic N) is 2. The number of aromatic nitrogens is 1. The van der Waals surface area contributed by atoms with Crippen LogP contribution in [0.2, 0.25) is 0 Å². The molecular weight excluding hydrogens is 356 g/mol. The molecule has 6 heteroatoms. The van der Waals surface area contributed by atoms with Crippen molar-refractivity contribution in [2.45, 2.75) is 0 Å². The molecule has 0 radical (unpaired) electrons. The van der Waals surface area contributed by atoms with Crippen LogP contribution in [0.3, 0.4) is 0 Å². The van der Waals surface area contributed by atoms with Crippen LogP contribution >= 0.6 is 15.9 Å². The monoisotopic (exact) mass is 375 g/mol. The Balaban J connectivity index is 1.47. The van der Waals surface area contributed by atoms with Gasteiger partial charge >= 0.3 is 0 Å². The molecule has 1 amide bonds. The molecule has 0 spiro atoms. The number of rotatable bonds is 4. The average molecular weight is 376 g/mol. The Morgan fingerprint density at radius 2 is 1.91 bits per heavy atom. The number of hydrogen-bond donors (Lipinski definition) is 2. The molecule has 1 aromatic carbocycles. The number of benzene rings is 1. The van der Waals surface area contributed by atoms with Crippen molar-refractivity contribution in [3.05, 3.63) is 53.1 Å². The summed E-state index contributed by atoms with van der Waals surface area (Å²) in [5.41, 5.74) is 1.26. The minimum atomic E-state index is 0.0167. The van der Waals surface area contributed by atoms with E-state index >= 15 is 0 Å². The zero-order chi connectivity index (χ0) is 16.1. The fraction of sp³-hybridized carbons (Fsp3) is 0.294. The quantitative estimate of drug-likeness (QED) is 0.843. The van der Waals surface area contributed by atoms with Gasteiger partial charge in [-0.3, -0.25) is 4.79 Å². The van der Waals surface area contributed by atoms with Crippen molar-refractivity contribution in [3.8, 4) is 0 Å². The summed E-state index contributed by atoms with van der Waals surface area (Å²) in [6.07, 6.45) is 1.68. The molecular formula is C17H20BrN4O+. The number of pyridine rings is 1. The summed E-state index contributed by atoms with van der Waals surface area (Å²) in [5.74, 6) is 0.614. The number of carbonyl (C=O) groups excluding carboxylic acids is 1. The largest absolute Gasteiger partial charge is 0.360 e. The van der Waals surface area contributed by atoms with E-state index in [2.05, 4.69) is 55.4 Å². The van der Waals surface area contributed by atoms with Crippen LogP contribution in [-0.2, 0) is 4.79 Å². The Kier molecular flexibility index (Phi) is 5.25. The summed E-state index contributed by atoms with van der Waals surface area (Å²) in [5, 5.41) is 2.85. The van der Waals surface area contributed by atoms with Gasteiger partial charge in [-0.25, -0.2) is 4.98 Å². The zero-order valence-electron chi connectivity index (χ0n) is 12.8. The third kappa shape index (κ3) is 4.53. The molecule has 2 aromatic rings. The lowest BCUT2D eigenvalue weighted by molar-refractivity contribution is -0.892. The highest BCUT2D eigenvalue weighted by atomic mass is 79.9. The minimum Gasteiger partial charge on any atom is -0.360 e. The van der Waals surface area contributed by atoms with Gasteiger partial charge in [0.15, 0.2) is 6.54 Å². The van der Waals surface area contributed by atoms with Crippen LogP contribution in [0, 0.1) is 0 Å². The molecule has 5 nitrogen and oxygen atoms in total. The van der Waals surface area contributed by atoms with Gasteiger partial charge in [-0.2, -0.15) is 0 Å². The molecule has 0 atom stereocenters. The van der Waals surface area contributed by atoms with Gasteiger partial charge in [-0.15, -0.1) is 0 Å². The van der Waals surface area contributed by atoms with Gasteiger partial charge in [0.1, 0.15) is 5.82 Å². The first kappa shape index (κ1) is 16.0. The summed E-state index contributed by atoms with van der Waals surface area (Å²) < 4.78 is 0.901. The Labute approximate surface area is 144 Å². The van der Waals surface area contributed by atoms with Gasteiger partial charge in [0, 0.05) is 16.4 Å². The number of hydrogen-bond acceptors (Lipinski definition) is 3. The SMILES string of the molecule is O=C(C[NH+]1CCN(c2ccccc2)CC1)Nc1ccc(Br)cn1. The smallest absolute Gasteiger partial charge is 0.280 e. The molecule has 1 fully saturated rings. The highest BCUT2D eigenvalue weighted by Gasteiger charge is 2.22. The lowest BCUT2D eigenvalue weighted by Crippen LogP contribution is -3.15. The van der Waals surface area contributed by atoms with E-state index in [0.29, 0.717) is 12.4 Å². The molecule has 2 heterocycles. The molecule has 0 saturated carbocycles. The van der Waals surface area contributed by atoms with E-state index in [9.17, 15) is 4.79 Å². The zero-order valence-corrected chi connectivity index (χ0v) is 14.4. The van der Waals surface area contributed by atoms with Crippen molar-refractivity contribution in [2.75, 3.05) is 42.9 Å².